The zero-order valence-corrected chi connectivity index (χ0v) is 20.3. The van der Waals surface area contributed by atoms with Gasteiger partial charge in [0, 0.05) is 12.6 Å². The van der Waals surface area contributed by atoms with E-state index in [1.807, 2.05) is 12.1 Å². The van der Waals surface area contributed by atoms with Crippen LogP contribution in [0, 0.1) is 5.53 Å². The summed E-state index contributed by atoms with van der Waals surface area (Å²) in [6.45, 7) is 6.68. The van der Waals surface area contributed by atoms with Crippen molar-refractivity contribution in [2.45, 2.75) is 71.8 Å². The number of nitrogens with zero attached hydrogens (tertiary/aromatic N) is 3. The number of hydrogen-bond donors (Lipinski definition) is 1. The van der Waals surface area contributed by atoms with E-state index in [-0.39, 0.29) is 0 Å². The molecule has 0 aliphatic carbocycles. The summed E-state index contributed by atoms with van der Waals surface area (Å²) in [7, 11) is 0. The van der Waals surface area contributed by atoms with Gasteiger partial charge in [-0.05, 0) is 24.5 Å². The van der Waals surface area contributed by atoms with Crippen molar-refractivity contribution in [2.24, 2.45) is 10.1 Å². The summed E-state index contributed by atoms with van der Waals surface area (Å²) in [5.41, 5.74) is 10.6. The lowest BCUT2D eigenvalue weighted by molar-refractivity contribution is 0.305. The minimum Gasteiger partial charge on any atom is -0.491 e. The maximum absolute atomic E-state index is 7.65. The first kappa shape index (κ1) is 24.2. The fraction of sp³-hybridized carbons (Fsp3) is 0.500. The molecule has 0 radical (unpaired) electrons. The van der Waals surface area contributed by atoms with Crippen LogP contribution in [0.2, 0.25) is 0 Å². The monoisotopic (exact) mass is 452 g/mol. The minimum absolute atomic E-state index is 0.594. The van der Waals surface area contributed by atoms with E-state index >= 15 is 0 Å². The van der Waals surface area contributed by atoms with Crippen molar-refractivity contribution < 1.29 is 4.74 Å². The molecule has 0 saturated carbocycles. The maximum atomic E-state index is 7.65. The molecule has 2 aromatic carbocycles. The number of ether oxygens (including phenoxy) is 1. The third-order valence-electron chi connectivity index (χ3n) is 5.58. The summed E-state index contributed by atoms with van der Waals surface area (Å²) in [5.74, 6) is 0.695. The number of nitrogens with one attached hydrogen (secondary N) is 1. The molecular weight excluding hydrogens is 416 g/mol. The van der Waals surface area contributed by atoms with E-state index in [4.69, 9.17) is 15.3 Å². The van der Waals surface area contributed by atoms with E-state index in [1.54, 1.807) is 11.3 Å². The molecule has 172 valence electrons. The normalized spacial score (nSPS) is 11.9. The van der Waals surface area contributed by atoms with Crippen LogP contribution in [-0.2, 0) is 6.54 Å². The number of rotatable bonds is 14. The van der Waals surface area contributed by atoms with Crippen molar-refractivity contribution >= 4 is 27.2 Å². The molecule has 0 aliphatic heterocycles. The van der Waals surface area contributed by atoms with E-state index in [9.17, 15) is 0 Å². The van der Waals surface area contributed by atoms with E-state index < -0.39 is 0 Å². The van der Waals surface area contributed by atoms with Crippen molar-refractivity contribution in [1.29, 1.82) is 5.53 Å². The molecule has 1 N–H and O–H groups in total. The Bertz CT molecular complexity index is 1040. The van der Waals surface area contributed by atoms with Gasteiger partial charge in [0.15, 0.2) is 4.80 Å². The number of aromatic nitrogens is 1. The smallest absolute Gasteiger partial charge is 0.186 e. The van der Waals surface area contributed by atoms with Crippen LogP contribution in [0.1, 0.15) is 70.8 Å². The number of hydrogen-bond acceptors (Lipinski definition) is 5. The van der Waals surface area contributed by atoms with Crippen LogP contribution in [-0.4, -0.2) is 17.7 Å². The molecule has 1 heterocycles. The number of thiazole rings is 1. The van der Waals surface area contributed by atoms with Gasteiger partial charge >= 0.3 is 0 Å². The minimum atomic E-state index is 0.594. The lowest BCUT2D eigenvalue weighted by Gasteiger charge is -2.10. The van der Waals surface area contributed by atoms with E-state index in [2.05, 4.69) is 53.9 Å². The van der Waals surface area contributed by atoms with Gasteiger partial charge < -0.3 is 9.30 Å². The Morgan fingerprint density at radius 2 is 1.69 bits per heavy atom. The van der Waals surface area contributed by atoms with E-state index in [1.165, 1.54) is 37.7 Å². The molecule has 3 rings (SSSR count). The molecule has 0 amide bonds. The molecule has 6 heteroatoms. The van der Waals surface area contributed by atoms with Crippen LogP contribution < -0.4 is 9.54 Å². The predicted octanol–water partition coefficient (Wildman–Crippen LogP) is 7.85. The first-order chi connectivity index (χ1) is 15.8. The van der Waals surface area contributed by atoms with Gasteiger partial charge in [-0.1, -0.05) is 94.0 Å². The molecule has 3 aromatic rings. The summed E-state index contributed by atoms with van der Waals surface area (Å²) >= 11 is 1.67. The predicted molar refractivity (Wildman–Crippen MR) is 134 cm³/mol. The quantitative estimate of drug-likeness (QED) is 0.196. The van der Waals surface area contributed by atoms with Crippen molar-refractivity contribution in [3.05, 3.63) is 52.8 Å². The molecule has 1 aromatic heterocycles. The summed E-state index contributed by atoms with van der Waals surface area (Å²) in [4.78, 5) is 5.90. The van der Waals surface area contributed by atoms with Crippen LogP contribution in [0.15, 0.2) is 52.6 Å². The Kier molecular flexibility index (Phi) is 9.95. The van der Waals surface area contributed by atoms with Crippen LogP contribution in [0.4, 0.5) is 5.69 Å². The largest absolute Gasteiger partial charge is 0.491 e. The summed E-state index contributed by atoms with van der Waals surface area (Å²) < 4.78 is 9.47. The van der Waals surface area contributed by atoms with Gasteiger partial charge in [0.05, 0.1) is 23.4 Å². The standard InChI is InChI=1S/C26H36N4OS/c1-3-5-7-8-9-13-17-31-24-19-23-25(18-22(24)29-27)32-26(28-16-6-4-2)30(23)20-21-14-11-10-12-15-21/h10-12,14-15,18-19,27H,3-9,13,16-17,20H2,1-2H3. The second kappa shape index (κ2) is 13.2. The summed E-state index contributed by atoms with van der Waals surface area (Å²) in [5, 5.41) is 3.75. The molecule has 0 spiro atoms. The van der Waals surface area contributed by atoms with Gasteiger partial charge in [-0.3, -0.25) is 4.99 Å². The molecule has 0 atom stereocenters. The van der Waals surface area contributed by atoms with Gasteiger partial charge in [-0.2, -0.15) is 5.11 Å². The number of unbranched alkanes of at least 4 members (excludes halogenated alkanes) is 6. The Labute approximate surface area is 195 Å². The summed E-state index contributed by atoms with van der Waals surface area (Å²) in [6.07, 6.45) is 9.56. The fourth-order valence-corrected chi connectivity index (χ4v) is 4.79. The van der Waals surface area contributed by atoms with Crippen LogP contribution in [0.25, 0.3) is 10.2 Å². The van der Waals surface area contributed by atoms with E-state index in [0.29, 0.717) is 18.0 Å². The third kappa shape index (κ3) is 6.76. The number of fused-ring (bicyclic) bond motifs is 1. The maximum Gasteiger partial charge on any atom is 0.186 e. The highest BCUT2D eigenvalue weighted by Gasteiger charge is 2.13. The second-order valence-corrected chi connectivity index (χ2v) is 9.22. The molecule has 0 bridgehead atoms. The number of benzene rings is 2. The first-order valence-corrected chi connectivity index (χ1v) is 12.8. The highest BCUT2D eigenvalue weighted by Crippen LogP contribution is 2.34. The zero-order valence-electron chi connectivity index (χ0n) is 19.5. The van der Waals surface area contributed by atoms with Gasteiger partial charge in [0.1, 0.15) is 11.4 Å². The van der Waals surface area contributed by atoms with Crippen molar-refractivity contribution in [3.63, 3.8) is 0 Å². The second-order valence-electron chi connectivity index (χ2n) is 8.21. The third-order valence-corrected chi connectivity index (χ3v) is 6.66. The van der Waals surface area contributed by atoms with Crippen LogP contribution in [0.3, 0.4) is 0 Å². The average Bonchev–Trinajstić information content (AvgIpc) is 3.14. The first-order valence-electron chi connectivity index (χ1n) is 12.0. The zero-order chi connectivity index (χ0) is 22.6. The van der Waals surface area contributed by atoms with E-state index in [0.717, 1.165) is 47.4 Å². The average molecular weight is 453 g/mol. The van der Waals surface area contributed by atoms with Crippen LogP contribution >= 0.6 is 11.3 Å². The lowest BCUT2D eigenvalue weighted by Crippen LogP contribution is -2.16. The van der Waals surface area contributed by atoms with Gasteiger partial charge in [-0.15, -0.1) is 0 Å². The molecule has 0 unspecified atom stereocenters. The Morgan fingerprint density at radius 3 is 2.44 bits per heavy atom. The SMILES string of the molecule is CCCCCCCCOc1cc2c(cc1N=N)sc(=NCCCC)n2Cc1ccccc1. The Balaban J connectivity index is 1.86. The fourth-order valence-electron chi connectivity index (χ4n) is 3.72. The molecule has 5 nitrogen and oxygen atoms in total. The van der Waals surface area contributed by atoms with Gasteiger partial charge in [0.25, 0.3) is 0 Å². The van der Waals surface area contributed by atoms with Crippen molar-refractivity contribution in [2.75, 3.05) is 13.2 Å². The Morgan fingerprint density at radius 1 is 0.938 bits per heavy atom. The van der Waals surface area contributed by atoms with Crippen molar-refractivity contribution in [3.8, 4) is 5.75 Å². The van der Waals surface area contributed by atoms with Gasteiger partial charge in [-0.25, -0.2) is 5.53 Å². The van der Waals surface area contributed by atoms with Gasteiger partial charge in [0.2, 0.25) is 0 Å². The Hall–Kier alpha value is -2.47. The molecular formula is C26H36N4OS. The van der Waals surface area contributed by atoms with Crippen molar-refractivity contribution in [1.82, 2.24) is 4.57 Å². The molecule has 0 fully saturated rings. The van der Waals surface area contributed by atoms with Crippen LogP contribution in [0.5, 0.6) is 5.75 Å². The lowest BCUT2D eigenvalue weighted by atomic mass is 10.1. The highest BCUT2D eigenvalue weighted by molar-refractivity contribution is 7.16. The highest BCUT2D eigenvalue weighted by atomic mass is 32.1. The molecule has 0 saturated heterocycles. The topological polar surface area (TPSA) is 62.7 Å². The summed E-state index contributed by atoms with van der Waals surface area (Å²) in [6, 6.07) is 14.5. The molecule has 32 heavy (non-hydrogen) atoms. The molecule has 0 aliphatic rings.